The Labute approximate surface area is 202 Å². The number of halogens is 2. The topological polar surface area (TPSA) is 79.5 Å². The van der Waals surface area contributed by atoms with E-state index in [9.17, 15) is 9.59 Å². The van der Waals surface area contributed by atoms with Crippen molar-refractivity contribution < 1.29 is 14.3 Å². The first kappa shape index (κ1) is 23.2. The molecular formula is C22H19Br2N3O3S. The third-order valence-corrected chi connectivity index (χ3v) is 5.94. The van der Waals surface area contributed by atoms with Gasteiger partial charge in [-0.2, -0.15) is 0 Å². The molecule has 3 aromatic carbocycles. The lowest BCUT2D eigenvalue weighted by Crippen LogP contribution is -2.50. The van der Waals surface area contributed by atoms with Crippen LogP contribution in [-0.4, -0.2) is 23.5 Å². The smallest absolute Gasteiger partial charge is 0.276 e. The molecule has 0 saturated carbocycles. The van der Waals surface area contributed by atoms with Crippen LogP contribution in [0, 0.1) is 6.92 Å². The van der Waals surface area contributed by atoms with E-state index in [1.807, 2.05) is 55.5 Å². The van der Waals surface area contributed by atoms with Crippen molar-refractivity contribution in [2.24, 2.45) is 0 Å². The lowest BCUT2D eigenvalue weighted by atomic mass is 10.1. The lowest BCUT2D eigenvalue weighted by Gasteiger charge is -2.13. The van der Waals surface area contributed by atoms with E-state index >= 15 is 0 Å². The average molecular weight is 565 g/mol. The van der Waals surface area contributed by atoms with Gasteiger partial charge in [0.25, 0.3) is 5.91 Å². The highest BCUT2D eigenvalue weighted by Crippen LogP contribution is 2.34. The summed E-state index contributed by atoms with van der Waals surface area (Å²) in [5, 5.41) is 4.54. The van der Waals surface area contributed by atoms with Gasteiger partial charge < -0.3 is 10.1 Å². The largest absolute Gasteiger partial charge is 0.483 e. The molecule has 3 rings (SSSR count). The fraction of sp³-hybridized carbons (Fsp3) is 0.136. The summed E-state index contributed by atoms with van der Waals surface area (Å²) in [5.74, 6) is -0.179. The molecule has 9 heteroatoms. The molecule has 0 bridgehead atoms. The monoisotopic (exact) mass is 563 g/mol. The highest BCUT2D eigenvalue weighted by Gasteiger charge is 2.11. The first-order chi connectivity index (χ1) is 14.8. The quantitative estimate of drug-likeness (QED) is 0.318. The maximum atomic E-state index is 12.1. The minimum Gasteiger partial charge on any atom is -0.483 e. The van der Waals surface area contributed by atoms with Crippen molar-refractivity contribution in [3.05, 3.63) is 74.7 Å². The van der Waals surface area contributed by atoms with Crippen LogP contribution in [0.25, 0.3) is 10.8 Å². The molecule has 6 nitrogen and oxygen atoms in total. The zero-order chi connectivity index (χ0) is 22.4. The van der Waals surface area contributed by atoms with E-state index < -0.39 is 5.91 Å². The summed E-state index contributed by atoms with van der Waals surface area (Å²) in [7, 11) is 0. The summed E-state index contributed by atoms with van der Waals surface area (Å²) in [6.07, 6.45) is 0.193. The van der Waals surface area contributed by atoms with Gasteiger partial charge in [0.2, 0.25) is 5.91 Å². The molecule has 0 heterocycles. The molecule has 0 spiro atoms. The predicted octanol–water partition coefficient (Wildman–Crippen LogP) is 4.32. The summed E-state index contributed by atoms with van der Waals surface area (Å²) in [6, 6.07) is 17.2. The number of benzene rings is 3. The van der Waals surface area contributed by atoms with E-state index in [2.05, 4.69) is 48.0 Å². The van der Waals surface area contributed by atoms with Crippen molar-refractivity contribution in [2.75, 3.05) is 6.61 Å². The molecule has 31 heavy (non-hydrogen) atoms. The maximum Gasteiger partial charge on any atom is 0.276 e. The Kier molecular flexibility index (Phi) is 8.00. The normalized spacial score (nSPS) is 10.4. The van der Waals surface area contributed by atoms with Gasteiger partial charge in [0.1, 0.15) is 5.75 Å². The third kappa shape index (κ3) is 6.49. The molecule has 3 N–H and O–H groups in total. The second-order valence-corrected chi connectivity index (χ2v) is 8.80. The van der Waals surface area contributed by atoms with E-state index in [1.54, 1.807) is 6.07 Å². The van der Waals surface area contributed by atoms with Crippen LogP contribution in [0.2, 0.25) is 0 Å². The number of fused-ring (bicyclic) bond motifs is 1. The number of carbonyl (C=O) groups excluding carboxylic acids is 2. The molecule has 160 valence electrons. The number of rotatable bonds is 5. The Morgan fingerprint density at radius 1 is 1.00 bits per heavy atom. The fourth-order valence-corrected chi connectivity index (χ4v) is 3.99. The van der Waals surface area contributed by atoms with Crippen LogP contribution in [0.4, 0.5) is 0 Å². The van der Waals surface area contributed by atoms with Crippen LogP contribution >= 0.6 is 44.1 Å². The molecule has 0 radical (unpaired) electrons. The first-order valence-corrected chi connectivity index (χ1v) is 11.3. The number of amides is 2. The van der Waals surface area contributed by atoms with Crippen LogP contribution < -0.4 is 20.9 Å². The Balaban J connectivity index is 1.46. The molecule has 3 aromatic rings. The number of ether oxygens (including phenoxy) is 1. The Morgan fingerprint density at radius 3 is 2.55 bits per heavy atom. The summed E-state index contributed by atoms with van der Waals surface area (Å²) < 4.78 is 7.34. The van der Waals surface area contributed by atoms with Crippen LogP contribution in [0.3, 0.4) is 0 Å². The molecule has 0 unspecified atom stereocenters. The van der Waals surface area contributed by atoms with Gasteiger partial charge in [-0.3, -0.25) is 20.4 Å². The molecular weight excluding hydrogens is 546 g/mol. The highest BCUT2D eigenvalue weighted by molar-refractivity contribution is 9.11. The number of nitrogens with one attached hydrogen (secondary N) is 3. The van der Waals surface area contributed by atoms with Crippen molar-refractivity contribution >= 4 is 71.8 Å². The average Bonchev–Trinajstić information content (AvgIpc) is 2.73. The third-order valence-electron chi connectivity index (χ3n) is 4.42. The van der Waals surface area contributed by atoms with Gasteiger partial charge in [0.05, 0.1) is 10.9 Å². The number of hydrogen-bond donors (Lipinski definition) is 3. The SMILES string of the molecule is Cc1ccccc1CC(=O)NC(=S)NNC(=O)COc1ccc2cc(Br)ccc2c1Br. The summed E-state index contributed by atoms with van der Waals surface area (Å²) >= 11 is 12.0. The van der Waals surface area contributed by atoms with E-state index in [1.165, 1.54) is 0 Å². The van der Waals surface area contributed by atoms with Crippen molar-refractivity contribution in [1.29, 1.82) is 0 Å². The van der Waals surface area contributed by atoms with E-state index in [0.29, 0.717) is 5.75 Å². The number of aryl methyl sites for hydroxylation is 1. The van der Waals surface area contributed by atoms with Crippen LogP contribution in [0.15, 0.2) is 63.5 Å². The van der Waals surface area contributed by atoms with E-state index in [4.69, 9.17) is 17.0 Å². The molecule has 0 aromatic heterocycles. The van der Waals surface area contributed by atoms with Crippen LogP contribution in [0.5, 0.6) is 5.75 Å². The fourth-order valence-electron chi connectivity index (χ4n) is 2.84. The van der Waals surface area contributed by atoms with Crippen molar-refractivity contribution in [2.45, 2.75) is 13.3 Å². The number of hydrogen-bond acceptors (Lipinski definition) is 4. The number of thiocarbonyl (C=S) groups is 1. The van der Waals surface area contributed by atoms with Gasteiger partial charge in [-0.25, -0.2) is 0 Å². The van der Waals surface area contributed by atoms with Crippen LogP contribution in [-0.2, 0) is 16.0 Å². The van der Waals surface area contributed by atoms with Gasteiger partial charge in [0.15, 0.2) is 11.7 Å². The van der Waals surface area contributed by atoms with Gasteiger partial charge >= 0.3 is 0 Å². The summed E-state index contributed by atoms with van der Waals surface area (Å²) in [6.45, 7) is 1.71. The van der Waals surface area contributed by atoms with Crippen molar-refractivity contribution in [1.82, 2.24) is 16.2 Å². The minimum atomic E-state index is -0.446. The Hall–Kier alpha value is -2.49. The summed E-state index contributed by atoms with van der Waals surface area (Å²) in [4.78, 5) is 24.2. The number of carbonyl (C=O) groups is 2. The van der Waals surface area contributed by atoms with Gasteiger partial charge in [-0.15, -0.1) is 0 Å². The molecule has 0 fully saturated rings. The highest BCUT2D eigenvalue weighted by atomic mass is 79.9. The zero-order valence-electron chi connectivity index (χ0n) is 16.5. The summed E-state index contributed by atoms with van der Waals surface area (Å²) in [5.41, 5.74) is 6.84. The van der Waals surface area contributed by atoms with E-state index in [0.717, 1.165) is 30.8 Å². The standard InChI is InChI=1S/C22H19Br2N3O3S/c1-13-4-2-3-5-14(13)11-19(28)25-22(31)27-26-20(29)12-30-18-9-6-15-10-16(23)7-8-17(15)21(18)24/h2-10H,11-12H2,1H3,(H,26,29)(H2,25,27,28,31). The molecule has 0 aliphatic heterocycles. The molecule has 0 aliphatic carbocycles. The predicted molar refractivity (Wildman–Crippen MR) is 132 cm³/mol. The zero-order valence-corrected chi connectivity index (χ0v) is 20.5. The minimum absolute atomic E-state index is 0.00407. The van der Waals surface area contributed by atoms with Crippen molar-refractivity contribution in [3.8, 4) is 5.75 Å². The lowest BCUT2D eigenvalue weighted by molar-refractivity contribution is -0.124. The molecule has 0 aliphatic rings. The number of hydrazine groups is 1. The van der Waals surface area contributed by atoms with Gasteiger partial charge in [-0.1, -0.05) is 52.3 Å². The van der Waals surface area contributed by atoms with Gasteiger partial charge in [-0.05, 0) is 75.2 Å². The van der Waals surface area contributed by atoms with Crippen LogP contribution in [0.1, 0.15) is 11.1 Å². The first-order valence-electron chi connectivity index (χ1n) is 9.27. The Morgan fingerprint density at radius 2 is 1.77 bits per heavy atom. The molecule has 0 saturated heterocycles. The second kappa shape index (κ2) is 10.7. The second-order valence-electron chi connectivity index (χ2n) is 6.69. The molecule has 2 amide bonds. The maximum absolute atomic E-state index is 12.1. The molecule has 0 atom stereocenters. The Bertz CT molecular complexity index is 1150. The van der Waals surface area contributed by atoms with E-state index in [-0.39, 0.29) is 24.0 Å². The van der Waals surface area contributed by atoms with Crippen molar-refractivity contribution in [3.63, 3.8) is 0 Å². The van der Waals surface area contributed by atoms with Gasteiger partial charge in [0, 0.05) is 4.47 Å².